The molecule has 0 saturated carbocycles. The molecule has 1 heterocycles. The fourth-order valence-electron chi connectivity index (χ4n) is 1.29. The Morgan fingerprint density at radius 3 is 2.58 bits per heavy atom. The molecule has 2 rings (SSSR count). The van der Waals surface area contributed by atoms with Gasteiger partial charge in [0, 0.05) is 22.4 Å². The van der Waals surface area contributed by atoms with E-state index in [1.165, 1.54) is 18.3 Å². The second kappa shape index (κ2) is 5.94. The lowest BCUT2D eigenvalue weighted by atomic mass is 10.3. The molecule has 0 saturated heterocycles. The number of hydrazone groups is 1. The van der Waals surface area contributed by atoms with Gasteiger partial charge in [0.05, 0.1) is 11.1 Å². The van der Waals surface area contributed by atoms with Crippen molar-refractivity contribution in [3.63, 3.8) is 0 Å². The molecule has 0 bridgehead atoms. The molecule has 5 nitrogen and oxygen atoms in total. The highest BCUT2D eigenvalue weighted by Gasteiger charge is 2.11. The van der Waals surface area contributed by atoms with E-state index in [0.29, 0.717) is 5.56 Å². The SMILES string of the molecule is O=S(=O)(NN=Cc1cccnc1)c1ccc(Br)cc1. The standard InChI is InChI=1S/C12H10BrN3O2S/c13-11-3-5-12(6-4-11)19(17,18)16-15-9-10-2-1-7-14-8-10/h1-9,16H. The number of sulfonamides is 1. The molecule has 0 fully saturated rings. The number of rotatable bonds is 4. The van der Waals surface area contributed by atoms with Crippen LogP contribution in [0.3, 0.4) is 0 Å². The lowest BCUT2D eigenvalue weighted by Crippen LogP contribution is -2.18. The third-order valence-electron chi connectivity index (χ3n) is 2.19. The van der Waals surface area contributed by atoms with E-state index in [2.05, 4.69) is 30.8 Å². The monoisotopic (exact) mass is 339 g/mol. The summed E-state index contributed by atoms with van der Waals surface area (Å²) < 4.78 is 24.6. The molecular weight excluding hydrogens is 330 g/mol. The summed E-state index contributed by atoms with van der Waals surface area (Å²) in [6.07, 6.45) is 4.60. The number of benzene rings is 1. The van der Waals surface area contributed by atoms with Crippen LogP contribution in [-0.2, 0) is 10.0 Å². The van der Waals surface area contributed by atoms with E-state index in [9.17, 15) is 8.42 Å². The highest BCUT2D eigenvalue weighted by molar-refractivity contribution is 9.10. The molecule has 7 heteroatoms. The van der Waals surface area contributed by atoms with Crippen LogP contribution in [0.2, 0.25) is 0 Å². The topological polar surface area (TPSA) is 71.4 Å². The summed E-state index contributed by atoms with van der Waals surface area (Å²) >= 11 is 3.24. The smallest absolute Gasteiger partial charge is 0.264 e. The van der Waals surface area contributed by atoms with Gasteiger partial charge < -0.3 is 0 Å². The lowest BCUT2D eigenvalue weighted by Gasteiger charge is -2.02. The number of hydrogen-bond acceptors (Lipinski definition) is 4. The summed E-state index contributed by atoms with van der Waals surface area (Å²) in [7, 11) is -3.64. The summed E-state index contributed by atoms with van der Waals surface area (Å²) in [5.74, 6) is 0. The van der Waals surface area contributed by atoms with Gasteiger partial charge in [-0.3, -0.25) is 4.98 Å². The van der Waals surface area contributed by atoms with Crippen molar-refractivity contribution in [2.75, 3.05) is 0 Å². The Bertz CT molecular complexity index is 670. The van der Waals surface area contributed by atoms with Crippen LogP contribution in [0.5, 0.6) is 0 Å². The number of halogens is 1. The van der Waals surface area contributed by atoms with Crippen LogP contribution >= 0.6 is 15.9 Å². The Morgan fingerprint density at radius 1 is 1.21 bits per heavy atom. The van der Waals surface area contributed by atoms with Crippen LogP contribution in [0.25, 0.3) is 0 Å². The van der Waals surface area contributed by atoms with Gasteiger partial charge in [-0.1, -0.05) is 22.0 Å². The number of nitrogens with one attached hydrogen (secondary N) is 1. The second-order valence-electron chi connectivity index (χ2n) is 3.59. The van der Waals surface area contributed by atoms with Crippen LogP contribution in [0, 0.1) is 0 Å². The first-order valence-electron chi connectivity index (χ1n) is 5.28. The maximum atomic E-state index is 11.9. The molecule has 2 aromatic rings. The third kappa shape index (κ3) is 3.87. The molecule has 0 atom stereocenters. The first kappa shape index (κ1) is 13.7. The predicted molar refractivity (Wildman–Crippen MR) is 76.3 cm³/mol. The number of hydrogen-bond donors (Lipinski definition) is 1. The van der Waals surface area contributed by atoms with Crippen molar-refractivity contribution in [2.24, 2.45) is 5.10 Å². The zero-order valence-electron chi connectivity index (χ0n) is 9.69. The predicted octanol–water partition coefficient (Wildman–Crippen LogP) is 2.16. The van der Waals surface area contributed by atoms with Gasteiger partial charge in [0.1, 0.15) is 0 Å². The normalized spacial score (nSPS) is 11.6. The fraction of sp³-hybridized carbons (Fsp3) is 0. The van der Waals surface area contributed by atoms with Crippen molar-refractivity contribution in [1.82, 2.24) is 9.82 Å². The third-order valence-corrected chi connectivity index (χ3v) is 3.96. The largest absolute Gasteiger partial charge is 0.276 e. The van der Waals surface area contributed by atoms with E-state index in [-0.39, 0.29) is 4.90 Å². The van der Waals surface area contributed by atoms with Crippen LogP contribution in [0.15, 0.2) is 63.3 Å². The Hall–Kier alpha value is -1.73. The van der Waals surface area contributed by atoms with Gasteiger partial charge in [0.2, 0.25) is 0 Å². The maximum absolute atomic E-state index is 11.9. The van der Waals surface area contributed by atoms with Crippen LogP contribution in [-0.4, -0.2) is 19.6 Å². The van der Waals surface area contributed by atoms with Crippen molar-refractivity contribution in [3.8, 4) is 0 Å². The lowest BCUT2D eigenvalue weighted by molar-refractivity contribution is 0.584. The number of aromatic nitrogens is 1. The Morgan fingerprint density at radius 2 is 1.95 bits per heavy atom. The molecule has 1 N–H and O–H groups in total. The van der Waals surface area contributed by atoms with Crippen LogP contribution in [0.1, 0.15) is 5.56 Å². The summed E-state index contributed by atoms with van der Waals surface area (Å²) in [6, 6.07) is 9.80. The van der Waals surface area contributed by atoms with E-state index >= 15 is 0 Å². The second-order valence-corrected chi connectivity index (χ2v) is 6.17. The first-order chi connectivity index (χ1) is 9.08. The fourth-order valence-corrected chi connectivity index (χ4v) is 2.34. The molecular formula is C12H10BrN3O2S. The molecule has 0 radical (unpaired) electrons. The molecule has 19 heavy (non-hydrogen) atoms. The van der Waals surface area contributed by atoms with Crippen molar-refractivity contribution in [1.29, 1.82) is 0 Å². The summed E-state index contributed by atoms with van der Waals surface area (Å²) in [6.45, 7) is 0. The number of pyridine rings is 1. The van der Waals surface area contributed by atoms with Gasteiger partial charge in [0.25, 0.3) is 10.0 Å². The average Bonchev–Trinajstić information content (AvgIpc) is 2.40. The van der Waals surface area contributed by atoms with Crippen molar-refractivity contribution < 1.29 is 8.42 Å². The minimum atomic E-state index is -3.64. The molecule has 0 aliphatic carbocycles. The molecule has 0 aliphatic rings. The first-order valence-corrected chi connectivity index (χ1v) is 7.56. The molecule has 0 unspecified atom stereocenters. The van der Waals surface area contributed by atoms with E-state index in [0.717, 1.165) is 4.47 Å². The van der Waals surface area contributed by atoms with E-state index in [1.807, 2.05) is 0 Å². The summed E-state index contributed by atoms with van der Waals surface area (Å²) in [5, 5.41) is 3.70. The average molecular weight is 340 g/mol. The molecule has 0 spiro atoms. The molecule has 98 valence electrons. The van der Waals surface area contributed by atoms with Gasteiger partial charge in [-0.25, -0.2) is 4.83 Å². The van der Waals surface area contributed by atoms with Crippen molar-refractivity contribution >= 4 is 32.2 Å². The zero-order chi connectivity index (χ0) is 13.7. The molecule has 0 aliphatic heterocycles. The zero-order valence-corrected chi connectivity index (χ0v) is 12.1. The Balaban J connectivity index is 2.10. The molecule has 1 aromatic heterocycles. The highest BCUT2D eigenvalue weighted by atomic mass is 79.9. The van der Waals surface area contributed by atoms with Gasteiger partial charge in [0.15, 0.2) is 0 Å². The van der Waals surface area contributed by atoms with Crippen LogP contribution in [0.4, 0.5) is 0 Å². The van der Waals surface area contributed by atoms with Gasteiger partial charge >= 0.3 is 0 Å². The summed E-state index contributed by atoms with van der Waals surface area (Å²) in [5.41, 5.74) is 0.709. The van der Waals surface area contributed by atoms with E-state index < -0.39 is 10.0 Å². The maximum Gasteiger partial charge on any atom is 0.276 e. The van der Waals surface area contributed by atoms with Gasteiger partial charge in [-0.15, -0.1) is 0 Å². The Labute approximate surface area is 119 Å². The van der Waals surface area contributed by atoms with Gasteiger partial charge in [-0.2, -0.15) is 13.5 Å². The molecule has 0 amide bonds. The highest BCUT2D eigenvalue weighted by Crippen LogP contribution is 2.14. The van der Waals surface area contributed by atoms with Crippen LogP contribution < -0.4 is 4.83 Å². The quantitative estimate of drug-likeness (QED) is 0.685. The van der Waals surface area contributed by atoms with E-state index in [1.54, 1.807) is 36.7 Å². The van der Waals surface area contributed by atoms with Crippen molar-refractivity contribution in [2.45, 2.75) is 4.90 Å². The van der Waals surface area contributed by atoms with Crippen molar-refractivity contribution in [3.05, 3.63) is 58.8 Å². The molecule has 1 aromatic carbocycles. The minimum Gasteiger partial charge on any atom is -0.264 e. The summed E-state index contributed by atoms with van der Waals surface area (Å²) in [4.78, 5) is 6.19. The van der Waals surface area contributed by atoms with E-state index in [4.69, 9.17) is 0 Å². The number of nitrogens with zero attached hydrogens (tertiary/aromatic N) is 2. The van der Waals surface area contributed by atoms with Gasteiger partial charge in [-0.05, 0) is 30.3 Å². The minimum absolute atomic E-state index is 0.152. The Kier molecular flexibility index (Phi) is 4.28.